The second kappa shape index (κ2) is 6.38. The molecule has 0 saturated heterocycles. The van der Waals surface area contributed by atoms with Gasteiger partial charge in [0.05, 0.1) is 0 Å². The third-order valence-electron chi connectivity index (χ3n) is 4.97. The van der Waals surface area contributed by atoms with Crippen molar-refractivity contribution in [3.8, 4) is 0 Å². The van der Waals surface area contributed by atoms with Crippen LogP contribution >= 0.6 is 10.2 Å². The highest BCUT2D eigenvalue weighted by Crippen LogP contribution is 3.02. The molecule has 1 fully saturated rings. The number of ketones is 1. The highest BCUT2D eigenvalue weighted by Gasteiger charge is 2.65. The van der Waals surface area contributed by atoms with E-state index < -0.39 is 32.4 Å². The lowest BCUT2D eigenvalue weighted by molar-refractivity contribution is 0.0960. The number of hydrogen-bond donors (Lipinski definition) is 1. The van der Waals surface area contributed by atoms with Crippen LogP contribution in [0, 0.1) is 5.92 Å². The summed E-state index contributed by atoms with van der Waals surface area (Å²) in [5.41, 5.74) is -0.0947. The number of nitrogens with zero attached hydrogens (tertiary/aromatic N) is 1. The molecule has 0 unspecified atom stereocenters. The normalized spacial score (nSPS) is 18.2. The maximum absolute atomic E-state index is 12.9. The molecule has 0 aliphatic heterocycles. The number of aromatic amines is 1. The zero-order chi connectivity index (χ0) is 21.7. The molecule has 1 atom stereocenters. The minimum atomic E-state index is -9.75. The molecule has 2 aromatic rings. The van der Waals surface area contributed by atoms with Crippen LogP contribution in [0.15, 0.2) is 40.0 Å². The van der Waals surface area contributed by atoms with Gasteiger partial charge in [0.15, 0.2) is 5.78 Å². The number of nitrogens with one attached hydrogen (secondary N) is 1. The van der Waals surface area contributed by atoms with E-state index in [1.165, 1.54) is 0 Å². The van der Waals surface area contributed by atoms with E-state index in [1.807, 2.05) is 0 Å². The van der Waals surface area contributed by atoms with Crippen molar-refractivity contribution in [3.05, 3.63) is 57.8 Å². The predicted octanol–water partition coefficient (Wildman–Crippen LogP) is 6.32. The lowest BCUT2D eigenvalue weighted by Gasteiger charge is -2.40. The van der Waals surface area contributed by atoms with Crippen molar-refractivity contribution >= 4 is 16.0 Å². The van der Waals surface area contributed by atoms with Crippen molar-refractivity contribution in [1.29, 1.82) is 0 Å². The molecule has 1 saturated carbocycles. The fourth-order valence-corrected chi connectivity index (χ4v) is 3.83. The monoisotopic (exact) mass is 436 g/mol. The summed E-state index contributed by atoms with van der Waals surface area (Å²) in [7, 11) is -9.75. The molecule has 29 heavy (non-hydrogen) atoms. The number of benzene rings is 1. The molecule has 1 aliphatic rings. The van der Waals surface area contributed by atoms with Gasteiger partial charge in [0.1, 0.15) is 16.4 Å². The second-order valence-electron chi connectivity index (χ2n) is 7.81. The van der Waals surface area contributed by atoms with Crippen molar-refractivity contribution in [2.45, 2.75) is 49.8 Å². The summed E-state index contributed by atoms with van der Waals surface area (Å²) < 4.78 is 64.6. The van der Waals surface area contributed by atoms with Gasteiger partial charge in [-0.25, -0.2) is 4.98 Å². The Bertz CT molecular complexity index is 997. The molecule has 1 aromatic heterocycles. The lowest BCUT2D eigenvalue weighted by atomic mass is 9.84. The Balaban J connectivity index is 1.86. The van der Waals surface area contributed by atoms with E-state index in [4.69, 9.17) is 0 Å². The zero-order valence-electron chi connectivity index (χ0n) is 15.8. The fraction of sp³-hybridized carbons (Fsp3) is 0.421. The van der Waals surface area contributed by atoms with Gasteiger partial charge in [-0.15, -0.1) is 0 Å². The third kappa shape index (κ3) is 5.23. The Morgan fingerprint density at radius 2 is 1.72 bits per heavy atom. The number of aromatic nitrogens is 2. The minimum absolute atomic E-state index is 0.00456. The maximum Gasteiger partial charge on any atom is 0.310 e. The smallest absolute Gasteiger partial charge is 0.310 e. The van der Waals surface area contributed by atoms with Gasteiger partial charge in [-0.1, -0.05) is 45.4 Å². The van der Waals surface area contributed by atoms with Gasteiger partial charge >= 0.3 is 10.2 Å². The molecule has 4 nitrogen and oxygen atoms in total. The van der Waals surface area contributed by atoms with Crippen molar-refractivity contribution in [3.63, 3.8) is 0 Å². The first-order valence-electron chi connectivity index (χ1n) is 9.12. The molecule has 1 aromatic carbocycles. The molecule has 1 heterocycles. The van der Waals surface area contributed by atoms with E-state index in [-0.39, 0.29) is 24.0 Å². The number of carbonyl (C=O) groups is 1. The van der Waals surface area contributed by atoms with E-state index in [9.17, 15) is 29.0 Å². The first-order valence-corrected chi connectivity index (χ1v) is 11.1. The highest BCUT2D eigenvalue weighted by atomic mass is 32.5. The summed E-state index contributed by atoms with van der Waals surface area (Å²) in [5.74, 6) is -0.498. The molecule has 160 valence electrons. The number of H-pyrrole nitrogens is 1. The number of halogens is 5. The largest absolute Gasteiger partial charge is 0.310 e. The molecule has 10 heteroatoms. The quantitative estimate of drug-likeness (QED) is 0.408. The van der Waals surface area contributed by atoms with Gasteiger partial charge in [0.2, 0.25) is 0 Å². The standard InChI is InChI=1S/C19H21F5N2O2S/c1-11(2)15(12-5-7-14(8-6-12)29(20,21,22,23)24)9-17(27)16-10-18(28)26-19(25-16)13-3-4-13/h5-8,10-11,13,15H,3-4,9H2,1-2H3,(H,25,26,28)/t15-/m1/s1. The summed E-state index contributed by atoms with van der Waals surface area (Å²) in [6.45, 7) is 3.55. The van der Waals surface area contributed by atoms with Gasteiger partial charge in [0, 0.05) is 18.4 Å². The number of rotatable bonds is 7. The van der Waals surface area contributed by atoms with Gasteiger partial charge in [-0.3, -0.25) is 9.59 Å². The highest BCUT2D eigenvalue weighted by molar-refractivity contribution is 8.45. The van der Waals surface area contributed by atoms with Gasteiger partial charge in [-0.05, 0) is 42.4 Å². The van der Waals surface area contributed by atoms with E-state index in [0.29, 0.717) is 23.5 Å². The molecule has 0 radical (unpaired) electrons. The first kappa shape index (κ1) is 21.5. The Labute approximate surface area is 164 Å². The topological polar surface area (TPSA) is 62.8 Å². The van der Waals surface area contributed by atoms with Crippen LogP contribution in [-0.2, 0) is 0 Å². The second-order valence-corrected chi connectivity index (χ2v) is 10.2. The summed E-state index contributed by atoms with van der Waals surface area (Å²) in [5, 5.41) is 0. The molecule has 1 N–H and O–H groups in total. The molecular formula is C19H21F5N2O2S. The molecule has 0 amide bonds. The summed E-state index contributed by atoms with van der Waals surface area (Å²) in [6, 6.07) is 3.77. The Morgan fingerprint density at radius 3 is 2.21 bits per heavy atom. The molecule has 1 aliphatic carbocycles. The number of carbonyl (C=O) groups excluding carboxylic acids is 1. The van der Waals surface area contributed by atoms with Crippen molar-refractivity contribution < 1.29 is 24.2 Å². The van der Waals surface area contributed by atoms with Crippen LogP contribution in [-0.4, -0.2) is 15.8 Å². The van der Waals surface area contributed by atoms with E-state index in [1.54, 1.807) is 13.8 Å². The number of Topliss-reactive ketones (excluding diaryl/α,β-unsaturated/α-hetero) is 1. The Morgan fingerprint density at radius 1 is 1.14 bits per heavy atom. The third-order valence-corrected chi connectivity index (χ3v) is 6.14. The lowest BCUT2D eigenvalue weighted by Crippen LogP contribution is -2.19. The average molecular weight is 436 g/mol. The molecule has 3 rings (SSSR count). The van der Waals surface area contributed by atoms with Crippen LogP contribution in [0.5, 0.6) is 0 Å². The Hall–Kier alpha value is -2.23. The SMILES string of the molecule is CC(C)[C@@H](CC(=O)c1cc(=O)[nH]c(C2CC2)n1)c1ccc(S(F)(F)(F)(F)F)cc1. The number of hydrogen-bond acceptors (Lipinski definition) is 3. The predicted molar refractivity (Wildman–Crippen MR) is 101 cm³/mol. The van der Waals surface area contributed by atoms with E-state index >= 15 is 0 Å². The van der Waals surface area contributed by atoms with E-state index in [2.05, 4.69) is 9.97 Å². The van der Waals surface area contributed by atoms with Crippen LogP contribution in [0.2, 0.25) is 0 Å². The van der Waals surface area contributed by atoms with Gasteiger partial charge in [-0.2, -0.15) is 0 Å². The minimum Gasteiger partial charge on any atom is -0.310 e. The fourth-order valence-electron chi connectivity index (χ4n) is 3.18. The summed E-state index contributed by atoms with van der Waals surface area (Å²) in [4.78, 5) is 29.4. The zero-order valence-corrected chi connectivity index (χ0v) is 16.6. The van der Waals surface area contributed by atoms with E-state index in [0.717, 1.165) is 31.0 Å². The van der Waals surface area contributed by atoms with Gasteiger partial charge in [0.25, 0.3) is 5.56 Å². The van der Waals surface area contributed by atoms with Crippen LogP contribution in [0.4, 0.5) is 19.4 Å². The van der Waals surface area contributed by atoms with Crippen LogP contribution in [0.25, 0.3) is 0 Å². The van der Waals surface area contributed by atoms with Crippen molar-refractivity contribution in [2.75, 3.05) is 0 Å². The first-order chi connectivity index (χ1) is 13.1. The molecule has 0 spiro atoms. The van der Waals surface area contributed by atoms with Crippen LogP contribution in [0.1, 0.15) is 66.8 Å². The average Bonchev–Trinajstić information content (AvgIpc) is 3.42. The summed E-state index contributed by atoms with van der Waals surface area (Å²) in [6.07, 6.45) is 1.66. The van der Waals surface area contributed by atoms with Crippen LogP contribution < -0.4 is 5.56 Å². The van der Waals surface area contributed by atoms with Crippen molar-refractivity contribution in [2.24, 2.45) is 5.92 Å². The molecule has 0 bridgehead atoms. The van der Waals surface area contributed by atoms with Crippen LogP contribution in [0.3, 0.4) is 0 Å². The maximum atomic E-state index is 12.9. The summed E-state index contributed by atoms with van der Waals surface area (Å²) >= 11 is 0. The Kier molecular flexibility index (Phi) is 4.73. The molecular weight excluding hydrogens is 415 g/mol. The van der Waals surface area contributed by atoms with Crippen molar-refractivity contribution in [1.82, 2.24) is 9.97 Å². The van der Waals surface area contributed by atoms with Gasteiger partial charge < -0.3 is 4.98 Å².